The van der Waals surface area contributed by atoms with Crippen molar-refractivity contribution in [2.24, 2.45) is 5.92 Å². The van der Waals surface area contributed by atoms with Crippen LogP contribution in [0.15, 0.2) is 0 Å². The minimum absolute atomic E-state index is 0.101. The van der Waals surface area contributed by atoms with E-state index in [1.807, 2.05) is 0 Å². The number of hydrogen-bond acceptors (Lipinski definition) is 4. The van der Waals surface area contributed by atoms with Crippen molar-refractivity contribution in [1.82, 2.24) is 10.3 Å². The van der Waals surface area contributed by atoms with Gasteiger partial charge in [0.05, 0.1) is 30.3 Å². The molecule has 0 bridgehead atoms. The van der Waals surface area contributed by atoms with Crippen LogP contribution in [0.3, 0.4) is 0 Å². The molecule has 1 aromatic heterocycles. The molecule has 116 valence electrons. The molecule has 2 aliphatic rings. The van der Waals surface area contributed by atoms with Crippen LogP contribution in [-0.2, 0) is 29.1 Å². The maximum atomic E-state index is 13.3. The largest absolute Gasteiger partial charge is 0.375 e. The molecular weight excluding hydrogens is 298 g/mol. The average molecular weight is 316 g/mol. The van der Waals surface area contributed by atoms with Gasteiger partial charge in [-0.25, -0.2) is 13.8 Å². The van der Waals surface area contributed by atoms with Crippen LogP contribution in [0.1, 0.15) is 41.3 Å². The van der Waals surface area contributed by atoms with E-state index in [1.165, 1.54) is 11.3 Å². The molecule has 1 unspecified atom stereocenters. The van der Waals surface area contributed by atoms with Gasteiger partial charge in [0.1, 0.15) is 5.01 Å². The molecule has 21 heavy (non-hydrogen) atoms. The fourth-order valence-electron chi connectivity index (χ4n) is 2.86. The maximum absolute atomic E-state index is 13.3. The molecule has 1 fully saturated rings. The van der Waals surface area contributed by atoms with Crippen LogP contribution in [0.4, 0.5) is 8.78 Å². The number of fused-ring (bicyclic) bond motifs is 1. The van der Waals surface area contributed by atoms with E-state index in [1.54, 1.807) is 0 Å². The van der Waals surface area contributed by atoms with Gasteiger partial charge < -0.3 is 10.1 Å². The Morgan fingerprint density at radius 1 is 1.52 bits per heavy atom. The molecule has 1 aromatic rings. The first-order valence-electron chi connectivity index (χ1n) is 7.24. The first kappa shape index (κ1) is 14.8. The molecular formula is C14H18F2N2O2S. The van der Waals surface area contributed by atoms with Gasteiger partial charge in [-0.1, -0.05) is 0 Å². The van der Waals surface area contributed by atoms with E-state index >= 15 is 0 Å². The third-order valence-electron chi connectivity index (χ3n) is 3.96. The minimum Gasteiger partial charge on any atom is -0.375 e. The molecule has 0 spiro atoms. The van der Waals surface area contributed by atoms with Crippen LogP contribution in [0, 0.1) is 5.92 Å². The number of ether oxygens (including phenoxy) is 1. The van der Waals surface area contributed by atoms with Crippen LogP contribution >= 0.6 is 11.3 Å². The first-order chi connectivity index (χ1) is 10.0. The third-order valence-corrected chi connectivity index (χ3v) is 5.03. The zero-order valence-corrected chi connectivity index (χ0v) is 12.5. The van der Waals surface area contributed by atoms with Crippen molar-refractivity contribution in [3.8, 4) is 0 Å². The normalized spacial score (nSPS) is 24.4. The van der Waals surface area contributed by atoms with Crippen LogP contribution in [0.5, 0.6) is 0 Å². The molecule has 3 rings (SSSR count). The Morgan fingerprint density at radius 2 is 2.38 bits per heavy atom. The number of rotatable bonds is 3. The van der Waals surface area contributed by atoms with E-state index in [2.05, 4.69) is 10.3 Å². The number of halogens is 2. The van der Waals surface area contributed by atoms with E-state index in [4.69, 9.17) is 4.74 Å². The van der Waals surface area contributed by atoms with Gasteiger partial charge in [-0.05, 0) is 12.8 Å². The zero-order valence-electron chi connectivity index (χ0n) is 11.7. The molecule has 0 radical (unpaired) electrons. The van der Waals surface area contributed by atoms with Crippen molar-refractivity contribution in [2.75, 3.05) is 6.61 Å². The Morgan fingerprint density at radius 3 is 3.14 bits per heavy atom. The van der Waals surface area contributed by atoms with Crippen molar-refractivity contribution in [2.45, 2.75) is 51.2 Å². The Bertz CT molecular complexity index is 510. The van der Waals surface area contributed by atoms with Crippen molar-refractivity contribution in [3.05, 3.63) is 15.6 Å². The van der Waals surface area contributed by atoms with Gasteiger partial charge >= 0.3 is 0 Å². The van der Waals surface area contributed by atoms with Gasteiger partial charge in [0, 0.05) is 25.2 Å². The average Bonchev–Trinajstić information content (AvgIpc) is 2.86. The Balaban J connectivity index is 1.55. The number of hydrogen-bond donors (Lipinski definition) is 1. The second kappa shape index (κ2) is 5.96. The predicted octanol–water partition coefficient (Wildman–Crippen LogP) is 2.66. The number of amides is 1. The molecule has 1 aliphatic carbocycles. The molecule has 4 nitrogen and oxygen atoms in total. The fraction of sp³-hybridized carbons (Fsp3) is 0.714. The van der Waals surface area contributed by atoms with E-state index < -0.39 is 11.8 Å². The number of nitrogens with zero attached hydrogens (tertiary/aromatic N) is 1. The van der Waals surface area contributed by atoms with Crippen molar-refractivity contribution < 1.29 is 18.3 Å². The van der Waals surface area contributed by atoms with Crippen molar-refractivity contribution in [3.63, 3.8) is 0 Å². The fourth-order valence-corrected chi connectivity index (χ4v) is 3.85. The summed E-state index contributed by atoms with van der Waals surface area (Å²) in [5.74, 6) is -3.55. The van der Waals surface area contributed by atoms with E-state index in [-0.39, 0.29) is 18.7 Å². The lowest BCUT2D eigenvalue weighted by atomic mass is 9.86. The quantitative estimate of drug-likeness (QED) is 0.933. The standard InChI is InChI=1S/C14H18F2N2O2S/c15-14(16)4-1-2-9(6-14)13(19)17-7-12-18-10-3-5-20-8-11(10)21-12/h9H,1-8H2,(H,17,19). The second-order valence-corrected chi connectivity index (χ2v) is 6.82. The molecule has 1 N–H and O–H groups in total. The number of thiazole rings is 1. The summed E-state index contributed by atoms with van der Waals surface area (Å²) in [4.78, 5) is 17.6. The van der Waals surface area contributed by atoms with Crippen LogP contribution in [0.2, 0.25) is 0 Å². The van der Waals surface area contributed by atoms with Gasteiger partial charge in [-0.15, -0.1) is 11.3 Å². The summed E-state index contributed by atoms with van der Waals surface area (Å²) in [5, 5.41) is 3.57. The SMILES string of the molecule is O=C(NCc1nc2c(s1)COCC2)C1CCCC(F)(F)C1. The maximum Gasteiger partial charge on any atom is 0.248 e. The lowest BCUT2D eigenvalue weighted by Crippen LogP contribution is -2.37. The van der Waals surface area contributed by atoms with Crippen LogP contribution in [0.25, 0.3) is 0 Å². The van der Waals surface area contributed by atoms with Gasteiger partial charge in [0.2, 0.25) is 11.8 Å². The summed E-state index contributed by atoms with van der Waals surface area (Å²) < 4.78 is 32.0. The first-order valence-corrected chi connectivity index (χ1v) is 8.06. The number of alkyl halides is 2. The monoisotopic (exact) mass is 316 g/mol. The Kier molecular flexibility index (Phi) is 4.21. The number of carbonyl (C=O) groups is 1. The highest BCUT2D eigenvalue weighted by atomic mass is 32.1. The minimum atomic E-state index is -2.70. The van der Waals surface area contributed by atoms with Crippen LogP contribution in [-0.4, -0.2) is 23.4 Å². The second-order valence-electron chi connectivity index (χ2n) is 5.65. The van der Waals surface area contributed by atoms with Gasteiger partial charge in [-0.2, -0.15) is 0 Å². The summed E-state index contributed by atoms with van der Waals surface area (Å²) in [6.45, 7) is 1.58. The van der Waals surface area contributed by atoms with E-state index in [0.717, 1.165) is 22.0 Å². The van der Waals surface area contributed by atoms with Gasteiger partial charge in [-0.3, -0.25) is 4.79 Å². The van der Waals surface area contributed by atoms with Gasteiger partial charge in [0.25, 0.3) is 0 Å². The highest BCUT2D eigenvalue weighted by Gasteiger charge is 2.39. The lowest BCUT2D eigenvalue weighted by Gasteiger charge is -2.27. The molecule has 2 heterocycles. The Hall–Kier alpha value is -1.08. The number of carbonyl (C=O) groups excluding carboxylic acids is 1. The zero-order chi connectivity index (χ0) is 14.9. The van der Waals surface area contributed by atoms with Crippen molar-refractivity contribution >= 4 is 17.2 Å². The van der Waals surface area contributed by atoms with Crippen LogP contribution < -0.4 is 5.32 Å². The lowest BCUT2D eigenvalue weighted by molar-refractivity contribution is -0.132. The predicted molar refractivity (Wildman–Crippen MR) is 74.2 cm³/mol. The Labute approximate surface area is 125 Å². The molecule has 1 atom stereocenters. The molecule has 7 heteroatoms. The van der Waals surface area contributed by atoms with Crippen molar-refractivity contribution in [1.29, 1.82) is 0 Å². The summed E-state index contributed by atoms with van der Waals surface area (Å²) in [7, 11) is 0. The summed E-state index contributed by atoms with van der Waals surface area (Å²) in [6, 6.07) is 0. The number of aromatic nitrogens is 1. The van der Waals surface area contributed by atoms with E-state index in [0.29, 0.717) is 32.6 Å². The summed E-state index contributed by atoms with van der Waals surface area (Å²) in [5.41, 5.74) is 1.04. The topological polar surface area (TPSA) is 51.2 Å². The molecule has 0 aromatic carbocycles. The molecule has 0 saturated heterocycles. The molecule has 1 saturated carbocycles. The smallest absolute Gasteiger partial charge is 0.248 e. The summed E-state index contributed by atoms with van der Waals surface area (Å²) in [6.07, 6.45) is 1.32. The van der Waals surface area contributed by atoms with Gasteiger partial charge in [0.15, 0.2) is 0 Å². The van der Waals surface area contributed by atoms with E-state index in [9.17, 15) is 13.6 Å². The third kappa shape index (κ3) is 3.58. The summed E-state index contributed by atoms with van der Waals surface area (Å²) >= 11 is 1.52. The highest BCUT2D eigenvalue weighted by Crippen LogP contribution is 2.36. The molecule has 1 aliphatic heterocycles. The highest BCUT2D eigenvalue weighted by molar-refractivity contribution is 7.11. The number of nitrogens with one attached hydrogen (secondary N) is 1. The molecule has 1 amide bonds.